The third-order valence-electron chi connectivity index (χ3n) is 3.66. The van der Waals surface area contributed by atoms with Gasteiger partial charge in [-0.1, -0.05) is 39.5 Å². The highest BCUT2D eigenvalue weighted by Gasteiger charge is 2.46. The van der Waals surface area contributed by atoms with Gasteiger partial charge in [0.15, 0.2) is 0 Å². The van der Waals surface area contributed by atoms with E-state index in [1.54, 1.807) is 0 Å². The van der Waals surface area contributed by atoms with Crippen LogP contribution in [0.4, 0.5) is 0 Å². The molecule has 0 heterocycles. The summed E-state index contributed by atoms with van der Waals surface area (Å²) in [5.41, 5.74) is -0.263. The van der Waals surface area contributed by atoms with E-state index < -0.39 is 5.54 Å². The number of nitrogens with one attached hydrogen (secondary N) is 1. The van der Waals surface area contributed by atoms with Crippen LogP contribution in [0.15, 0.2) is 0 Å². The van der Waals surface area contributed by atoms with Gasteiger partial charge < -0.3 is 0 Å². The van der Waals surface area contributed by atoms with Crippen molar-refractivity contribution in [3.8, 4) is 18.4 Å². The molecule has 0 aliphatic heterocycles. The van der Waals surface area contributed by atoms with Crippen LogP contribution in [0.2, 0.25) is 0 Å². The average molecular weight is 218 g/mol. The van der Waals surface area contributed by atoms with Crippen molar-refractivity contribution in [2.45, 2.75) is 52.0 Å². The van der Waals surface area contributed by atoms with Crippen LogP contribution in [-0.4, -0.2) is 12.1 Å². The van der Waals surface area contributed by atoms with Crippen LogP contribution in [0, 0.1) is 35.0 Å². The first-order valence-electron chi connectivity index (χ1n) is 6.06. The zero-order valence-corrected chi connectivity index (χ0v) is 10.6. The predicted octanol–water partition coefficient (Wildman–Crippen LogP) is 2.71. The maximum Gasteiger partial charge on any atom is 0.110 e. The van der Waals surface area contributed by atoms with Gasteiger partial charge in [0.2, 0.25) is 0 Å². The van der Waals surface area contributed by atoms with Gasteiger partial charge in [0.05, 0.1) is 12.6 Å². The third kappa shape index (κ3) is 2.57. The monoisotopic (exact) mass is 218 g/mol. The van der Waals surface area contributed by atoms with Gasteiger partial charge in [0, 0.05) is 0 Å². The Morgan fingerprint density at radius 2 is 2.12 bits per heavy atom. The van der Waals surface area contributed by atoms with Gasteiger partial charge in [0.25, 0.3) is 0 Å². The summed E-state index contributed by atoms with van der Waals surface area (Å²) in [5.74, 6) is 2.97. The minimum Gasteiger partial charge on any atom is -0.288 e. The van der Waals surface area contributed by atoms with Crippen LogP contribution >= 0.6 is 0 Å². The number of nitriles is 1. The standard InChI is InChI=1S/C14H22N2/c1-5-10-16-14(11-15)9-7-6-8-12(14)13(2,3)4/h1,12,16H,6-10H2,2-4H3. The molecule has 2 unspecified atom stereocenters. The Balaban J connectivity index is 2.94. The van der Waals surface area contributed by atoms with Gasteiger partial charge in [-0.25, -0.2) is 0 Å². The quantitative estimate of drug-likeness (QED) is 0.723. The van der Waals surface area contributed by atoms with Crippen LogP contribution in [0.3, 0.4) is 0 Å². The van der Waals surface area contributed by atoms with Crippen molar-refractivity contribution >= 4 is 0 Å². The highest BCUT2D eigenvalue weighted by Crippen LogP contribution is 2.43. The van der Waals surface area contributed by atoms with Crippen molar-refractivity contribution in [2.75, 3.05) is 6.54 Å². The number of hydrogen-bond acceptors (Lipinski definition) is 2. The summed E-state index contributed by atoms with van der Waals surface area (Å²) >= 11 is 0. The van der Waals surface area contributed by atoms with E-state index in [2.05, 4.69) is 38.1 Å². The average Bonchev–Trinajstić information content (AvgIpc) is 2.25. The summed E-state index contributed by atoms with van der Waals surface area (Å²) in [6, 6.07) is 2.50. The molecule has 2 nitrogen and oxygen atoms in total. The number of rotatable bonds is 2. The lowest BCUT2D eigenvalue weighted by Gasteiger charge is -2.46. The molecule has 0 bridgehead atoms. The summed E-state index contributed by atoms with van der Waals surface area (Å²) < 4.78 is 0. The first-order valence-corrected chi connectivity index (χ1v) is 6.06. The molecule has 16 heavy (non-hydrogen) atoms. The summed E-state index contributed by atoms with van der Waals surface area (Å²) in [6.07, 6.45) is 9.68. The Labute approximate surface area is 99.4 Å². The molecule has 2 heteroatoms. The SMILES string of the molecule is C#CCNC1(C#N)CCCCC1C(C)(C)C. The van der Waals surface area contributed by atoms with Crippen molar-refractivity contribution in [2.24, 2.45) is 11.3 Å². The second-order valence-electron chi connectivity index (χ2n) is 5.81. The zero-order valence-electron chi connectivity index (χ0n) is 10.6. The summed E-state index contributed by atoms with van der Waals surface area (Å²) in [4.78, 5) is 0. The fourth-order valence-electron chi connectivity index (χ4n) is 2.94. The molecule has 2 atom stereocenters. The number of terminal acetylenes is 1. The Bertz CT molecular complexity index is 313. The minimum absolute atomic E-state index is 0.151. The lowest BCUT2D eigenvalue weighted by Crippen LogP contribution is -2.56. The molecule has 0 spiro atoms. The molecule has 0 radical (unpaired) electrons. The van der Waals surface area contributed by atoms with E-state index in [1.165, 1.54) is 6.42 Å². The predicted molar refractivity (Wildman–Crippen MR) is 66.6 cm³/mol. The third-order valence-corrected chi connectivity index (χ3v) is 3.66. The molecule has 88 valence electrons. The Kier molecular flexibility index (Phi) is 4.00. The van der Waals surface area contributed by atoms with E-state index in [9.17, 15) is 5.26 Å². The highest BCUT2D eigenvalue weighted by molar-refractivity contribution is 5.16. The maximum atomic E-state index is 9.52. The smallest absolute Gasteiger partial charge is 0.110 e. The first-order chi connectivity index (χ1) is 7.46. The Hall–Kier alpha value is -0.990. The molecule has 0 saturated heterocycles. The second-order valence-corrected chi connectivity index (χ2v) is 5.81. The molecule has 1 aliphatic rings. The molecule has 0 amide bonds. The van der Waals surface area contributed by atoms with Crippen molar-refractivity contribution in [1.29, 1.82) is 5.26 Å². The number of nitrogens with zero attached hydrogens (tertiary/aromatic N) is 1. The van der Waals surface area contributed by atoms with Gasteiger partial charge in [-0.2, -0.15) is 5.26 Å². The van der Waals surface area contributed by atoms with Gasteiger partial charge >= 0.3 is 0 Å². The van der Waals surface area contributed by atoms with E-state index in [0.717, 1.165) is 19.3 Å². The molecule has 1 saturated carbocycles. The minimum atomic E-state index is -0.414. The fraction of sp³-hybridized carbons (Fsp3) is 0.786. The lowest BCUT2D eigenvalue weighted by molar-refractivity contribution is 0.0911. The van der Waals surface area contributed by atoms with Gasteiger partial charge in [-0.15, -0.1) is 6.42 Å². The topological polar surface area (TPSA) is 35.8 Å². The van der Waals surface area contributed by atoms with E-state index in [0.29, 0.717) is 12.5 Å². The molecule has 0 aromatic rings. The molecule has 0 aromatic heterocycles. The molecular formula is C14H22N2. The Morgan fingerprint density at radius 1 is 1.44 bits per heavy atom. The van der Waals surface area contributed by atoms with Crippen molar-refractivity contribution < 1.29 is 0 Å². The highest BCUT2D eigenvalue weighted by atomic mass is 15.0. The van der Waals surface area contributed by atoms with Crippen molar-refractivity contribution in [3.05, 3.63) is 0 Å². The maximum absolute atomic E-state index is 9.52. The molecule has 1 aliphatic carbocycles. The van der Waals surface area contributed by atoms with E-state index in [-0.39, 0.29) is 5.41 Å². The summed E-state index contributed by atoms with van der Waals surface area (Å²) in [6.45, 7) is 7.13. The normalized spacial score (nSPS) is 30.4. The van der Waals surface area contributed by atoms with Crippen LogP contribution in [0.5, 0.6) is 0 Å². The fourth-order valence-corrected chi connectivity index (χ4v) is 2.94. The van der Waals surface area contributed by atoms with E-state index in [4.69, 9.17) is 6.42 Å². The van der Waals surface area contributed by atoms with Crippen LogP contribution < -0.4 is 5.32 Å². The van der Waals surface area contributed by atoms with Gasteiger partial charge in [0.1, 0.15) is 5.54 Å². The molecule has 1 N–H and O–H groups in total. The molecule has 1 rings (SSSR count). The largest absolute Gasteiger partial charge is 0.288 e. The molecule has 1 fully saturated rings. The first kappa shape index (κ1) is 13.1. The lowest BCUT2D eigenvalue weighted by atomic mass is 9.62. The van der Waals surface area contributed by atoms with Crippen LogP contribution in [-0.2, 0) is 0 Å². The van der Waals surface area contributed by atoms with Gasteiger partial charge in [-0.05, 0) is 24.2 Å². The van der Waals surface area contributed by atoms with Gasteiger partial charge in [-0.3, -0.25) is 5.32 Å². The van der Waals surface area contributed by atoms with Crippen molar-refractivity contribution in [1.82, 2.24) is 5.32 Å². The zero-order chi connectivity index (χ0) is 12.2. The van der Waals surface area contributed by atoms with E-state index >= 15 is 0 Å². The van der Waals surface area contributed by atoms with Crippen molar-refractivity contribution in [3.63, 3.8) is 0 Å². The van der Waals surface area contributed by atoms with Crippen LogP contribution in [0.25, 0.3) is 0 Å². The Morgan fingerprint density at radius 3 is 2.62 bits per heavy atom. The second kappa shape index (κ2) is 4.89. The van der Waals surface area contributed by atoms with Crippen LogP contribution in [0.1, 0.15) is 46.5 Å². The van der Waals surface area contributed by atoms with E-state index in [1.807, 2.05) is 0 Å². The summed E-state index contributed by atoms with van der Waals surface area (Å²) in [5, 5.41) is 12.8. The molecular weight excluding hydrogens is 196 g/mol. The molecule has 0 aromatic carbocycles. The number of hydrogen-bond donors (Lipinski definition) is 1. The summed E-state index contributed by atoms with van der Waals surface area (Å²) in [7, 11) is 0.